The number of benzene rings is 1. The highest BCUT2D eigenvalue weighted by Crippen LogP contribution is 2.36. The third kappa shape index (κ3) is 4.88. The number of imide groups is 1. The maximum Gasteiger partial charge on any atom is 0.387 e. The van der Waals surface area contributed by atoms with Gasteiger partial charge >= 0.3 is 12.6 Å². The van der Waals surface area contributed by atoms with Crippen molar-refractivity contribution < 1.29 is 32.6 Å². The van der Waals surface area contributed by atoms with Gasteiger partial charge in [0.15, 0.2) is 11.5 Å². The van der Waals surface area contributed by atoms with E-state index < -0.39 is 24.1 Å². The number of carbonyl (C=O) groups is 3. The topological polar surface area (TPSA) is 88.2 Å². The first-order chi connectivity index (χ1) is 14.6. The molecule has 0 unspecified atom stereocenters. The van der Waals surface area contributed by atoms with E-state index in [0.717, 1.165) is 17.7 Å². The molecule has 1 aliphatic carbocycles. The Balaban J connectivity index is 1.63. The number of hydrogen-bond acceptors (Lipinski definition) is 5. The van der Waals surface area contributed by atoms with Crippen LogP contribution in [-0.4, -0.2) is 60.5 Å². The molecule has 1 aromatic carbocycles. The van der Waals surface area contributed by atoms with Gasteiger partial charge in [-0.15, -0.1) is 0 Å². The molecule has 31 heavy (non-hydrogen) atoms. The van der Waals surface area contributed by atoms with Crippen LogP contribution in [0.3, 0.4) is 0 Å². The van der Waals surface area contributed by atoms with Crippen LogP contribution in [0.25, 0.3) is 0 Å². The zero-order valence-corrected chi connectivity index (χ0v) is 17.8. The van der Waals surface area contributed by atoms with Crippen molar-refractivity contribution >= 4 is 17.8 Å². The third-order valence-electron chi connectivity index (χ3n) is 5.96. The molecule has 10 heteroatoms. The van der Waals surface area contributed by atoms with E-state index in [1.807, 2.05) is 0 Å². The molecular weight excluding hydrogens is 412 g/mol. The van der Waals surface area contributed by atoms with Gasteiger partial charge in [-0.2, -0.15) is 8.78 Å². The second-order valence-corrected chi connectivity index (χ2v) is 8.20. The van der Waals surface area contributed by atoms with Crippen molar-refractivity contribution in [3.05, 3.63) is 23.8 Å². The van der Waals surface area contributed by atoms with E-state index in [1.54, 1.807) is 0 Å². The lowest BCUT2D eigenvalue weighted by atomic mass is 9.77. The van der Waals surface area contributed by atoms with Crippen molar-refractivity contribution in [3.8, 4) is 11.5 Å². The molecule has 0 radical (unpaired) electrons. The Kier molecular flexibility index (Phi) is 6.66. The molecule has 1 aliphatic heterocycles. The maximum atomic E-state index is 12.9. The summed E-state index contributed by atoms with van der Waals surface area (Å²) in [6, 6.07) is 3.82. The Morgan fingerprint density at radius 3 is 2.58 bits per heavy atom. The quantitative estimate of drug-likeness (QED) is 0.660. The number of ether oxygens (including phenoxy) is 2. The maximum absolute atomic E-state index is 12.9. The highest BCUT2D eigenvalue weighted by Gasteiger charge is 2.52. The molecule has 4 amide bonds. The number of nitrogens with one attached hydrogen (secondary N) is 1. The number of alkyl halides is 2. The number of likely N-dealkylation sites (N-methyl/N-ethyl adjacent to an activating group) is 1. The Morgan fingerprint density at radius 2 is 1.97 bits per heavy atom. The average Bonchev–Trinajstić information content (AvgIpc) is 2.95. The molecule has 170 valence electrons. The summed E-state index contributed by atoms with van der Waals surface area (Å²) in [5.74, 6) is -0.257. The summed E-state index contributed by atoms with van der Waals surface area (Å²) < 4.78 is 34.4. The van der Waals surface area contributed by atoms with Crippen LogP contribution in [0.2, 0.25) is 0 Å². The highest BCUT2D eigenvalue weighted by atomic mass is 19.3. The fourth-order valence-corrected chi connectivity index (χ4v) is 4.04. The predicted octanol–water partition coefficient (Wildman–Crippen LogP) is 2.76. The van der Waals surface area contributed by atoms with Gasteiger partial charge in [-0.1, -0.05) is 13.0 Å². The zero-order valence-electron chi connectivity index (χ0n) is 17.8. The number of rotatable bonds is 7. The fourth-order valence-electron chi connectivity index (χ4n) is 4.04. The summed E-state index contributed by atoms with van der Waals surface area (Å²) in [4.78, 5) is 40.3. The van der Waals surface area contributed by atoms with Crippen LogP contribution in [0.4, 0.5) is 13.6 Å². The number of carbonyl (C=O) groups excluding carboxylic acids is 3. The van der Waals surface area contributed by atoms with Crippen molar-refractivity contribution in [2.24, 2.45) is 5.92 Å². The average molecular weight is 439 g/mol. The summed E-state index contributed by atoms with van der Waals surface area (Å²) >= 11 is 0. The van der Waals surface area contributed by atoms with Crippen LogP contribution in [0.15, 0.2) is 18.2 Å². The largest absolute Gasteiger partial charge is 0.493 e. The van der Waals surface area contributed by atoms with E-state index in [4.69, 9.17) is 4.74 Å². The van der Waals surface area contributed by atoms with Crippen LogP contribution in [0, 0.1) is 5.92 Å². The van der Waals surface area contributed by atoms with Gasteiger partial charge in [-0.05, 0) is 49.3 Å². The Bertz CT molecular complexity index is 855. The van der Waals surface area contributed by atoms with Crippen molar-refractivity contribution in [2.75, 3.05) is 20.7 Å². The number of hydrogen-bond donors (Lipinski definition) is 1. The molecule has 1 heterocycles. The molecule has 0 atom stereocenters. The molecule has 1 aromatic rings. The standard InChI is InChI=1S/C21H27F2N3O5/c1-13-6-8-21(9-7-13)18(28)26(20(29)24-21)12-17(27)25(2)11-14-4-5-15(31-19(22)23)16(10-14)30-3/h4-5,10,13,19H,6-9,11-12H2,1-3H3,(H,24,29). The monoisotopic (exact) mass is 439 g/mol. The van der Waals surface area contributed by atoms with E-state index in [1.165, 1.54) is 37.3 Å². The second kappa shape index (κ2) is 9.07. The number of amides is 4. The van der Waals surface area contributed by atoms with Gasteiger partial charge < -0.3 is 19.7 Å². The summed E-state index contributed by atoms with van der Waals surface area (Å²) in [5, 5.41) is 2.80. The summed E-state index contributed by atoms with van der Waals surface area (Å²) in [7, 11) is 2.86. The summed E-state index contributed by atoms with van der Waals surface area (Å²) in [5.41, 5.74) is -0.277. The molecular formula is C21H27F2N3O5. The van der Waals surface area contributed by atoms with Gasteiger partial charge in [0, 0.05) is 13.6 Å². The smallest absolute Gasteiger partial charge is 0.387 e. The van der Waals surface area contributed by atoms with E-state index in [2.05, 4.69) is 17.0 Å². The van der Waals surface area contributed by atoms with Crippen molar-refractivity contribution in [1.29, 1.82) is 0 Å². The van der Waals surface area contributed by atoms with Crippen LogP contribution in [0.1, 0.15) is 38.2 Å². The number of methoxy groups -OCH3 is 1. The third-order valence-corrected chi connectivity index (χ3v) is 5.96. The molecule has 1 saturated heterocycles. The minimum absolute atomic E-state index is 0.110. The number of halogens is 2. The SMILES string of the molecule is COc1cc(CN(C)C(=O)CN2C(=O)NC3(CCC(C)CC3)C2=O)ccc1OC(F)F. The van der Waals surface area contributed by atoms with E-state index in [0.29, 0.717) is 24.3 Å². The summed E-state index contributed by atoms with van der Waals surface area (Å²) in [6.45, 7) is -1.09. The van der Waals surface area contributed by atoms with Gasteiger partial charge in [0.25, 0.3) is 5.91 Å². The molecule has 3 rings (SSSR count). The van der Waals surface area contributed by atoms with Crippen LogP contribution in [-0.2, 0) is 16.1 Å². The molecule has 8 nitrogen and oxygen atoms in total. The first kappa shape index (κ1) is 22.8. The van der Waals surface area contributed by atoms with E-state index >= 15 is 0 Å². The summed E-state index contributed by atoms with van der Waals surface area (Å²) in [6.07, 6.45) is 2.85. The molecule has 1 spiro atoms. The molecule has 0 aromatic heterocycles. The minimum atomic E-state index is -2.98. The first-order valence-corrected chi connectivity index (χ1v) is 10.1. The van der Waals surface area contributed by atoms with Gasteiger partial charge in [0.2, 0.25) is 5.91 Å². The molecule has 1 N–H and O–H groups in total. The van der Waals surface area contributed by atoms with Gasteiger partial charge in [0.05, 0.1) is 7.11 Å². The van der Waals surface area contributed by atoms with Crippen LogP contribution < -0.4 is 14.8 Å². The minimum Gasteiger partial charge on any atom is -0.493 e. The van der Waals surface area contributed by atoms with Crippen molar-refractivity contribution in [1.82, 2.24) is 15.1 Å². The number of nitrogens with zero attached hydrogens (tertiary/aromatic N) is 2. The Hall–Kier alpha value is -2.91. The molecule has 0 bridgehead atoms. The predicted molar refractivity (Wildman–Crippen MR) is 107 cm³/mol. The molecule has 1 saturated carbocycles. The van der Waals surface area contributed by atoms with Gasteiger partial charge in [-0.25, -0.2) is 4.79 Å². The normalized spacial score (nSPS) is 23.3. The fraction of sp³-hybridized carbons (Fsp3) is 0.571. The zero-order chi connectivity index (χ0) is 22.8. The lowest BCUT2D eigenvalue weighted by Crippen LogP contribution is -2.50. The molecule has 2 aliphatic rings. The van der Waals surface area contributed by atoms with E-state index in [-0.39, 0.29) is 30.5 Å². The van der Waals surface area contributed by atoms with Crippen molar-refractivity contribution in [3.63, 3.8) is 0 Å². The highest BCUT2D eigenvalue weighted by molar-refractivity contribution is 6.09. The first-order valence-electron chi connectivity index (χ1n) is 10.1. The van der Waals surface area contributed by atoms with Crippen LogP contribution in [0.5, 0.6) is 11.5 Å². The van der Waals surface area contributed by atoms with E-state index in [9.17, 15) is 23.2 Å². The van der Waals surface area contributed by atoms with Crippen LogP contribution >= 0.6 is 0 Å². The lowest BCUT2D eigenvalue weighted by Gasteiger charge is -2.33. The van der Waals surface area contributed by atoms with Gasteiger partial charge in [0.1, 0.15) is 12.1 Å². The Labute approximate surface area is 179 Å². The van der Waals surface area contributed by atoms with Gasteiger partial charge in [-0.3, -0.25) is 14.5 Å². The Morgan fingerprint density at radius 1 is 1.29 bits per heavy atom. The second-order valence-electron chi connectivity index (χ2n) is 8.20. The van der Waals surface area contributed by atoms with Crippen molar-refractivity contribution in [2.45, 2.75) is 51.3 Å². The lowest BCUT2D eigenvalue weighted by molar-refractivity contribution is -0.139. The molecule has 2 fully saturated rings. The number of urea groups is 1.